The number of amides is 1. The van der Waals surface area contributed by atoms with Crippen LogP contribution < -0.4 is 5.32 Å². The molecule has 106 valence electrons. The number of benzene rings is 2. The molecule has 0 atom stereocenters. The second-order valence-electron chi connectivity index (χ2n) is 4.68. The highest BCUT2D eigenvalue weighted by atomic mass is 19.1. The maximum Gasteiger partial charge on any atom is 0.220 e. The van der Waals surface area contributed by atoms with Crippen LogP contribution in [0.1, 0.15) is 23.1 Å². The van der Waals surface area contributed by atoms with Crippen LogP contribution in [0.25, 0.3) is 0 Å². The van der Waals surface area contributed by atoms with Crippen molar-refractivity contribution in [2.24, 2.45) is 0 Å². The summed E-state index contributed by atoms with van der Waals surface area (Å²) in [6.07, 6.45) is 0.628. The summed E-state index contributed by atoms with van der Waals surface area (Å²) in [7, 11) is 0. The molecule has 0 aliphatic rings. The normalized spacial score (nSPS) is 9.90. The van der Waals surface area contributed by atoms with Gasteiger partial charge in [0.2, 0.25) is 5.91 Å². The Hall–Kier alpha value is -2.67. The lowest BCUT2D eigenvalue weighted by molar-refractivity contribution is -0.121. The number of halogens is 1. The topological polar surface area (TPSA) is 52.9 Å². The van der Waals surface area contributed by atoms with Gasteiger partial charge in [0.05, 0.1) is 11.6 Å². The van der Waals surface area contributed by atoms with Crippen LogP contribution in [0.4, 0.5) is 4.39 Å². The quantitative estimate of drug-likeness (QED) is 0.916. The summed E-state index contributed by atoms with van der Waals surface area (Å²) in [5.74, 6) is -0.403. The third-order valence-electron chi connectivity index (χ3n) is 3.15. The zero-order valence-corrected chi connectivity index (χ0v) is 11.5. The van der Waals surface area contributed by atoms with Gasteiger partial charge in [0.1, 0.15) is 5.82 Å². The van der Waals surface area contributed by atoms with Gasteiger partial charge in [0.25, 0.3) is 0 Å². The summed E-state index contributed by atoms with van der Waals surface area (Å²) >= 11 is 0. The van der Waals surface area contributed by atoms with Crippen LogP contribution >= 0.6 is 0 Å². The highest BCUT2D eigenvalue weighted by Gasteiger charge is 2.05. The highest BCUT2D eigenvalue weighted by Crippen LogP contribution is 2.09. The summed E-state index contributed by atoms with van der Waals surface area (Å²) in [6.45, 7) is 0.405. The monoisotopic (exact) mass is 282 g/mol. The van der Waals surface area contributed by atoms with Crippen LogP contribution in [0.3, 0.4) is 0 Å². The number of nitrogens with zero attached hydrogens (tertiary/aromatic N) is 1. The van der Waals surface area contributed by atoms with Crippen molar-refractivity contribution in [2.45, 2.75) is 19.4 Å². The molecule has 0 aromatic heterocycles. The van der Waals surface area contributed by atoms with E-state index in [2.05, 4.69) is 5.32 Å². The summed E-state index contributed by atoms with van der Waals surface area (Å²) in [4.78, 5) is 11.7. The Morgan fingerprint density at radius 3 is 2.52 bits per heavy atom. The summed E-state index contributed by atoms with van der Waals surface area (Å²) < 4.78 is 13.4. The zero-order valence-electron chi connectivity index (χ0n) is 11.5. The largest absolute Gasteiger partial charge is 0.352 e. The lowest BCUT2D eigenvalue weighted by Crippen LogP contribution is -2.23. The molecule has 0 radical (unpaired) electrons. The van der Waals surface area contributed by atoms with E-state index in [1.807, 2.05) is 6.07 Å². The van der Waals surface area contributed by atoms with E-state index in [1.165, 1.54) is 6.07 Å². The molecule has 4 heteroatoms. The van der Waals surface area contributed by atoms with Crippen LogP contribution in [-0.4, -0.2) is 5.91 Å². The Morgan fingerprint density at radius 2 is 1.86 bits per heavy atom. The van der Waals surface area contributed by atoms with Crippen molar-refractivity contribution in [3.8, 4) is 6.07 Å². The Morgan fingerprint density at radius 1 is 1.14 bits per heavy atom. The van der Waals surface area contributed by atoms with Gasteiger partial charge in [0, 0.05) is 13.0 Å². The maximum absolute atomic E-state index is 13.4. The summed E-state index contributed by atoms with van der Waals surface area (Å²) in [6, 6.07) is 15.5. The third kappa shape index (κ3) is 4.43. The first-order valence-electron chi connectivity index (χ1n) is 6.68. The van der Waals surface area contributed by atoms with Gasteiger partial charge in [-0.3, -0.25) is 4.79 Å². The first-order chi connectivity index (χ1) is 10.2. The molecular formula is C17H15FN2O. The number of hydrogen-bond acceptors (Lipinski definition) is 2. The molecule has 0 aliphatic carbocycles. The predicted octanol–water partition coefficient (Wildman–Crippen LogP) is 2.95. The first kappa shape index (κ1) is 14.7. The SMILES string of the molecule is N#Cc1ccc(CNC(=O)CCc2ccccc2F)cc1. The van der Waals surface area contributed by atoms with Gasteiger partial charge >= 0.3 is 0 Å². The fourth-order valence-electron chi connectivity index (χ4n) is 1.94. The highest BCUT2D eigenvalue weighted by molar-refractivity contribution is 5.76. The molecule has 0 aliphatic heterocycles. The van der Waals surface area contributed by atoms with Gasteiger partial charge in [-0.25, -0.2) is 4.39 Å². The van der Waals surface area contributed by atoms with Gasteiger partial charge in [-0.2, -0.15) is 5.26 Å². The van der Waals surface area contributed by atoms with Gasteiger partial charge in [0.15, 0.2) is 0 Å². The van der Waals surface area contributed by atoms with E-state index in [1.54, 1.807) is 42.5 Å². The number of rotatable bonds is 5. The van der Waals surface area contributed by atoms with Crippen molar-refractivity contribution in [3.63, 3.8) is 0 Å². The van der Waals surface area contributed by atoms with Crippen LogP contribution in [0.2, 0.25) is 0 Å². The standard InChI is InChI=1S/C17H15FN2O/c18-16-4-2-1-3-15(16)9-10-17(21)20-12-14-7-5-13(11-19)6-8-14/h1-8H,9-10,12H2,(H,20,21). The molecule has 2 rings (SSSR count). The van der Waals surface area contributed by atoms with E-state index in [4.69, 9.17) is 5.26 Å². The molecular weight excluding hydrogens is 267 g/mol. The Bertz CT molecular complexity index is 659. The van der Waals surface area contributed by atoms with E-state index in [-0.39, 0.29) is 18.1 Å². The van der Waals surface area contributed by atoms with E-state index >= 15 is 0 Å². The number of hydrogen-bond donors (Lipinski definition) is 1. The Balaban J connectivity index is 1.79. The molecule has 0 heterocycles. The molecule has 2 aromatic rings. The minimum absolute atomic E-state index is 0.123. The number of aryl methyl sites for hydroxylation is 1. The molecule has 0 unspecified atom stereocenters. The second kappa shape index (κ2) is 7.20. The minimum Gasteiger partial charge on any atom is -0.352 e. The molecule has 1 amide bonds. The summed E-state index contributed by atoms with van der Waals surface area (Å²) in [5, 5.41) is 11.5. The van der Waals surface area contributed by atoms with Crippen molar-refractivity contribution in [1.82, 2.24) is 5.32 Å². The van der Waals surface area contributed by atoms with Gasteiger partial charge in [-0.05, 0) is 35.7 Å². The van der Waals surface area contributed by atoms with Gasteiger partial charge in [-0.15, -0.1) is 0 Å². The van der Waals surface area contributed by atoms with Crippen molar-refractivity contribution in [3.05, 3.63) is 71.0 Å². The third-order valence-corrected chi connectivity index (χ3v) is 3.15. The van der Waals surface area contributed by atoms with E-state index in [0.717, 1.165) is 5.56 Å². The van der Waals surface area contributed by atoms with Crippen LogP contribution in [0.15, 0.2) is 48.5 Å². The lowest BCUT2D eigenvalue weighted by Gasteiger charge is -2.06. The van der Waals surface area contributed by atoms with Gasteiger partial charge in [-0.1, -0.05) is 30.3 Å². The molecule has 0 saturated carbocycles. The van der Waals surface area contributed by atoms with Crippen molar-refractivity contribution in [1.29, 1.82) is 5.26 Å². The minimum atomic E-state index is -0.280. The van der Waals surface area contributed by atoms with Crippen LogP contribution in [0, 0.1) is 17.1 Å². The van der Waals surface area contributed by atoms with Crippen molar-refractivity contribution >= 4 is 5.91 Å². The van der Waals surface area contributed by atoms with Crippen molar-refractivity contribution < 1.29 is 9.18 Å². The second-order valence-corrected chi connectivity index (χ2v) is 4.68. The van der Waals surface area contributed by atoms with E-state index in [9.17, 15) is 9.18 Å². The molecule has 2 aromatic carbocycles. The lowest BCUT2D eigenvalue weighted by atomic mass is 10.1. The molecule has 1 N–H and O–H groups in total. The molecule has 0 bridgehead atoms. The average Bonchev–Trinajstić information content (AvgIpc) is 2.52. The van der Waals surface area contributed by atoms with Crippen LogP contribution in [-0.2, 0) is 17.8 Å². The number of carbonyl (C=O) groups excluding carboxylic acids is 1. The molecule has 0 saturated heterocycles. The average molecular weight is 282 g/mol. The summed E-state index contributed by atoms with van der Waals surface area (Å²) in [5.41, 5.74) is 2.06. The molecule has 3 nitrogen and oxygen atoms in total. The molecule has 21 heavy (non-hydrogen) atoms. The predicted molar refractivity (Wildman–Crippen MR) is 77.7 cm³/mol. The fraction of sp³-hybridized carbons (Fsp3) is 0.176. The number of nitriles is 1. The molecule has 0 fully saturated rings. The Labute approximate surface area is 123 Å². The van der Waals surface area contributed by atoms with Crippen molar-refractivity contribution in [2.75, 3.05) is 0 Å². The van der Waals surface area contributed by atoms with E-state index in [0.29, 0.717) is 24.1 Å². The van der Waals surface area contributed by atoms with E-state index < -0.39 is 0 Å². The number of nitrogens with one attached hydrogen (secondary N) is 1. The first-order valence-corrected chi connectivity index (χ1v) is 6.68. The molecule has 0 spiro atoms. The smallest absolute Gasteiger partial charge is 0.220 e. The zero-order chi connectivity index (χ0) is 15.1. The Kier molecular flexibility index (Phi) is 5.05. The number of carbonyl (C=O) groups is 1. The fourth-order valence-corrected chi connectivity index (χ4v) is 1.94. The maximum atomic E-state index is 13.4. The van der Waals surface area contributed by atoms with Gasteiger partial charge < -0.3 is 5.32 Å². The van der Waals surface area contributed by atoms with Crippen LogP contribution in [0.5, 0.6) is 0 Å².